The molecule has 1 heterocycles. The van der Waals surface area contributed by atoms with Crippen LogP contribution in [0.4, 0.5) is 0 Å². The second kappa shape index (κ2) is 8.84. The number of hydrogen-bond donors (Lipinski definition) is 1. The topological polar surface area (TPSA) is 69.4 Å². The maximum Gasteiger partial charge on any atom is 0.253 e. The van der Waals surface area contributed by atoms with E-state index in [1.165, 1.54) is 5.56 Å². The van der Waals surface area contributed by atoms with E-state index in [9.17, 15) is 0 Å². The molecule has 0 aliphatic rings. The summed E-state index contributed by atoms with van der Waals surface area (Å²) in [6, 6.07) is 17.6. The van der Waals surface area contributed by atoms with Gasteiger partial charge in [0, 0.05) is 0 Å². The summed E-state index contributed by atoms with van der Waals surface area (Å²) in [7, 11) is 1.67. The average Bonchev–Trinajstić information content (AvgIpc) is 3.12. The van der Waals surface area contributed by atoms with Crippen molar-refractivity contribution in [2.24, 2.45) is 0 Å². The highest BCUT2D eigenvalue weighted by molar-refractivity contribution is 5.28. The number of benzene rings is 2. The van der Waals surface area contributed by atoms with Gasteiger partial charge in [-0.2, -0.15) is 0 Å². The minimum atomic E-state index is 0.265. The van der Waals surface area contributed by atoms with Crippen LogP contribution in [0.5, 0.6) is 11.5 Å². The Morgan fingerprint density at radius 1 is 0.960 bits per heavy atom. The van der Waals surface area contributed by atoms with Crippen LogP contribution >= 0.6 is 0 Å². The van der Waals surface area contributed by atoms with Crippen molar-refractivity contribution in [2.45, 2.75) is 19.6 Å². The molecule has 1 aromatic heterocycles. The maximum absolute atomic E-state index is 5.58. The van der Waals surface area contributed by atoms with Crippen molar-refractivity contribution in [1.29, 1.82) is 0 Å². The molecule has 0 fully saturated rings. The minimum absolute atomic E-state index is 0.265. The largest absolute Gasteiger partial charge is 0.497 e. The van der Waals surface area contributed by atoms with E-state index in [4.69, 9.17) is 13.9 Å². The van der Waals surface area contributed by atoms with Crippen LogP contribution in [0.2, 0.25) is 0 Å². The molecule has 6 nitrogen and oxygen atoms in total. The molecule has 6 heteroatoms. The molecule has 0 aliphatic heterocycles. The van der Waals surface area contributed by atoms with E-state index >= 15 is 0 Å². The second-order valence-electron chi connectivity index (χ2n) is 5.47. The molecule has 0 radical (unpaired) electrons. The molecule has 130 valence electrons. The van der Waals surface area contributed by atoms with E-state index in [1.807, 2.05) is 48.5 Å². The molecule has 1 N–H and O–H groups in total. The fourth-order valence-corrected chi connectivity index (χ4v) is 2.34. The predicted molar refractivity (Wildman–Crippen MR) is 93.5 cm³/mol. The lowest BCUT2D eigenvalue weighted by Crippen LogP contribution is -2.16. The normalized spacial score (nSPS) is 10.6. The van der Waals surface area contributed by atoms with Gasteiger partial charge in [-0.05, 0) is 42.8 Å². The van der Waals surface area contributed by atoms with Crippen LogP contribution in [0.15, 0.2) is 59.0 Å². The van der Waals surface area contributed by atoms with Gasteiger partial charge in [-0.25, -0.2) is 0 Å². The van der Waals surface area contributed by atoms with Gasteiger partial charge in [0.05, 0.1) is 13.7 Å². The lowest BCUT2D eigenvalue weighted by molar-refractivity contribution is 0.258. The zero-order chi connectivity index (χ0) is 17.3. The summed E-state index contributed by atoms with van der Waals surface area (Å²) in [5.74, 6) is 2.67. The first-order chi connectivity index (χ1) is 12.3. The van der Waals surface area contributed by atoms with Gasteiger partial charge in [0.25, 0.3) is 5.89 Å². The SMILES string of the molecule is COc1cccc(CCNCc2nnc(COc3ccccc3)o2)c1. The molecule has 0 saturated heterocycles. The van der Waals surface area contributed by atoms with E-state index in [0.717, 1.165) is 24.5 Å². The molecule has 0 bridgehead atoms. The van der Waals surface area contributed by atoms with Gasteiger partial charge < -0.3 is 19.2 Å². The summed E-state index contributed by atoms with van der Waals surface area (Å²) >= 11 is 0. The van der Waals surface area contributed by atoms with Crippen molar-refractivity contribution in [1.82, 2.24) is 15.5 Å². The fraction of sp³-hybridized carbons (Fsp3) is 0.263. The van der Waals surface area contributed by atoms with Crippen molar-refractivity contribution in [3.63, 3.8) is 0 Å². The number of ether oxygens (including phenoxy) is 2. The van der Waals surface area contributed by atoms with Gasteiger partial charge >= 0.3 is 0 Å². The lowest BCUT2D eigenvalue weighted by atomic mass is 10.1. The van der Waals surface area contributed by atoms with Gasteiger partial charge in [-0.15, -0.1) is 10.2 Å². The number of hydrogen-bond acceptors (Lipinski definition) is 6. The Morgan fingerprint density at radius 2 is 1.76 bits per heavy atom. The number of rotatable bonds is 9. The number of aromatic nitrogens is 2. The molecule has 0 aliphatic carbocycles. The minimum Gasteiger partial charge on any atom is -0.497 e. The van der Waals surface area contributed by atoms with E-state index in [2.05, 4.69) is 21.6 Å². The van der Waals surface area contributed by atoms with Gasteiger partial charge in [-0.1, -0.05) is 30.3 Å². The zero-order valence-electron chi connectivity index (χ0n) is 14.1. The highest BCUT2D eigenvalue weighted by atomic mass is 16.5. The summed E-state index contributed by atoms with van der Waals surface area (Å²) in [5.41, 5.74) is 1.22. The summed E-state index contributed by atoms with van der Waals surface area (Å²) in [4.78, 5) is 0. The standard InChI is InChI=1S/C19H21N3O3/c1-23-17-9-5-6-15(12-17)10-11-20-13-18-21-22-19(25-18)14-24-16-7-3-2-4-8-16/h2-9,12,20H,10-11,13-14H2,1H3. The quantitative estimate of drug-likeness (QED) is 0.605. The lowest BCUT2D eigenvalue weighted by Gasteiger charge is -2.05. The number of nitrogens with one attached hydrogen (secondary N) is 1. The van der Waals surface area contributed by atoms with Crippen molar-refractivity contribution in [2.75, 3.05) is 13.7 Å². The third kappa shape index (κ3) is 5.32. The third-order valence-corrected chi connectivity index (χ3v) is 3.62. The molecule has 2 aromatic carbocycles. The molecule has 3 aromatic rings. The Bertz CT molecular complexity index is 774. The third-order valence-electron chi connectivity index (χ3n) is 3.62. The molecular weight excluding hydrogens is 318 g/mol. The second-order valence-corrected chi connectivity index (χ2v) is 5.47. The van der Waals surface area contributed by atoms with E-state index in [1.54, 1.807) is 7.11 Å². The first-order valence-corrected chi connectivity index (χ1v) is 8.16. The average molecular weight is 339 g/mol. The Morgan fingerprint density at radius 3 is 2.60 bits per heavy atom. The monoisotopic (exact) mass is 339 g/mol. The summed E-state index contributed by atoms with van der Waals surface area (Å²) in [6.07, 6.45) is 0.898. The van der Waals surface area contributed by atoms with E-state index in [-0.39, 0.29) is 6.61 Å². The van der Waals surface area contributed by atoms with Gasteiger partial charge in [0.1, 0.15) is 11.5 Å². The van der Waals surface area contributed by atoms with Gasteiger partial charge in [-0.3, -0.25) is 0 Å². The van der Waals surface area contributed by atoms with Crippen molar-refractivity contribution in [3.05, 3.63) is 71.9 Å². The van der Waals surface area contributed by atoms with Crippen molar-refractivity contribution < 1.29 is 13.9 Å². The van der Waals surface area contributed by atoms with Gasteiger partial charge in [0.15, 0.2) is 6.61 Å². The summed E-state index contributed by atoms with van der Waals surface area (Å²) in [5, 5.41) is 11.3. The molecule has 0 saturated carbocycles. The number of methoxy groups -OCH3 is 1. The fourth-order valence-electron chi connectivity index (χ4n) is 2.34. The van der Waals surface area contributed by atoms with Crippen LogP contribution in [-0.4, -0.2) is 23.9 Å². The van der Waals surface area contributed by atoms with Gasteiger partial charge in [0.2, 0.25) is 5.89 Å². The van der Waals surface area contributed by atoms with Crippen LogP contribution in [0.3, 0.4) is 0 Å². The molecule has 25 heavy (non-hydrogen) atoms. The first-order valence-electron chi connectivity index (χ1n) is 8.16. The van der Waals surface area contributed by atoms with Crippen molar-refractivity contribution in [3.8, 4) is 11.5 Å². The zero-order valence-corrected chi connectivity index (χ0v) is 14.1. The smallest absolute Gasteiger partial charge is 0.253 e. The van der Waals surface area contributed by atoms with Crippen LogP contribution in [0.25, 0.3) is 0 Å². The maximum atomic E-state index is 5.58. The van der Waals surface area contributed by atoms with E-state index < -0.39 is 0 Å². The molecule has 0 spiro atoms. The molecule has 0 unspecified atom stereocenters. The molecule has 3 rings (SSSR count). The van der Waals surface area contributed by atoms with E-state index in [0.29, 0.717) is 18.3 Å². The number of para-hydroxylation sites is 1. The van der Waals surface area contributed by atoms with Crippen LogP contribution in [-0.2, 0) is 19.6 Å². The van der Waals surface area contributed by atoms with Crippen LogP contribution < -0.4 is 14.8 Å². The Kier molecular flexibility index (Phi) is 6.01. The predicted octanol–water partition coefficient (Wildman–Crippen LogP) is 2.99. The van der Waals surface area contributed by atoms with Crippen molar-refractivity contribution >= 4 is 0 Å². The Balaban J connectivity index is 1.39. The molecule has 0 atom stereocenters. The molecular formula is C19H21N3O3. The highest BCUT2D eigenvalue weighted by Gasteiger charge is 2.06. The van der Waals surface area contributed by atoms with Crippen LogP contribution in [0, 0.1) is 0 Å². The number of nitrogens with zero attached hydrogens (tertiary/aromatic N) is 2. The summed E-state index contributed by atoms with van der Waals surface area (Å²) in [6.45, 7) is 1.61. The van der Waals surface area contributed by atoms with Crippen LogP contribution in [0.1, 0.15) is 17.3 Å². The summed E-state index contributed by atoms with van der Waals surface area (Å²) < 4.78 is 16.4. The Labute approximate surface area is 146 Å². The molecule has 0 amide bonds. The Hall–Kier alpha value is -2.86. The highest BCUT2D eigenvalue weighted by Crippen LogP contribution is 2.13. The first kappa shape index (κ1) is 17.0.